The Labute approximate surface area is 130 Å². The lowest BCUT2D eigenvalue weighted by Gasteiger charge is -2.14. The number of nitrogens with zero attached hydrogens (tertiary/aromatic N) is 4. The first kappa shape index (κ1) is 15.0. The summed E-state index contributed by atoms with van der Waals surface area (Å²) in [5.74, 6) is 0. The number of ether oxygens (including phenoxy) is 1. The summed E-state index contributed by atoms with van der Waals surface area (Å²) in [5, 5.41) is 11.0. The predicted molar refractivity (Wildman–Crippen MR) is 86.4 cm³/mol. The van der Waals surface area contributed by atoms with Crippen molar-refractivity contribution in [1.82, 2.24) is 14.5 Å². The molecule has 118 valence electrons. The van der Waals surface area contributed by atoms with Crippen molar-refractivity contribution >= 4 is 23.1 Å². The molecule has 3 rings (SSSR count). The molecule has 3 atom stereocenters. The maximum atomic E-state index is 10.0. The third-order valence-electron chi connectivity index (χ3n) is 3.94. The van der Waals surface area contributed by atoms with Crippen LogP contribution in [0.5, 0.6) is 0 Å². The molecule has 1 fully saturated rings. The van der Waals surface area contributed by atoms with E-state index in [1.807, 2.05) is 48.8 Å². The molecule has 0 spiro atoms. The largest absolute Gasteiger partial charge is 0.390 e. The van der Waals surface area contributed by atoms with Crippen LogP contribution in [0.15, 0.2) is 29.5 Å². The van der Waals surface area contributed by atoms with E-state index in [4.69, 9.17) is 4.74 Å². The fraction of sp³-hybridized carbons (Fsp3) is 0.500. The van der Waals surface area contributed by atoms with Crippen LogP contribution in [0.4, 0.5) is 5.69 Å². The molecular formula is C16H22N4O2. The Bertz CT molecular complexity index is 680. The Morgan fingerprint density at radius 3 is 3.00 bits per heavy atom. The van der Waals surface area contributed by atoms with Gasteiger partial charge in [-0.15, -0.1) is 0 Å². The highest BCUT2D eigenvalue weighted by Crippen LogP contribution is 2.34. The van der Waals surface area contributed by atoms with Crippen molar-refractivity contribution in [3.05, 3.63) is 24.5 Å². The zero-order chi connectivity index (χ0) is 15.7. The van der Waals surface area contributed by atoms with Gasteiger partial charge in [-0.3, -0.25) is 0 Å². The first-order valence-corrected chi connectivity index (χ1v) is 7.60. The van der Waals surface area contributed by atoms with Gasteiger partial charge in [0.15, 0.2) is 0 Å². The van der Waals surface area contributed by atoms with E-state index in [-0.39, 0.29) is 12.3 Å². The van der Waals surface area contributed by atoms with Gasteiger partial charge in [0.05, 0.1) is 24.2 Å². The SMILES string of the molecule is CC[C@H]1O[C@@H](n2ccc3c(/N=C\N(C)C)ccnc32)C[C@@H]1O. The molecule has 22 heavy (non-hydrogen) atoms. The summed E-state index contributed by atoms with van der Waals surface area (Å²) in [6, 6.07) is 3.89. The van der Waals surface area contributed by atoms with E-state index < -0.39 is 6.10 Å². The third-order valence-corrected chi connectivity index (χ3v) is 3.94. The molecule has 2 aromatic rings. The second kappa shape index (κ2) is 6.06. The van der Waals surface area contributed by atoms with Crippen molar-refractivity contribution < 1.29 is 9.84 Å². The van der Waals surface area contributed by atoms with Crippen LogP contribution in [0.2, 0.25) is 0 Å². The number of aliphatic imine (C=N–C) groups is 1. The Kier molecular flexibility index (Phi) is 4.13. The van der Waals surface area contributed by atoms with E-state index in [0.29, 0.717) is 6.42 Å². The third kappa shape index (κ3) is 2.71. The van der Waals surface area contributed by atoms with E-state index >= 15 is 0 Å². The second-order valence-corrected chi connectivity index (χ2v) is 5.84. The fourth-order valence-corrected chi connectivity index (χ4v) is 2.82. The van der Waals surface area contributed by atoms with E-state index in [1.165, 1.54) is 0 Å². The molecule has 1 aliphatic rings. The summed E-state index contributed by atoms with van der Waals surface area (Å²) in [6.45, 7) is 2.02. The number of aliphatic hydroxyl groups is 1. The minimum atomic E-state index is -0.414. The average Bonchev–Trinajstić information content (AvgIpc) is 3.08. The highest BCUT2D eigenvalue weighted by Gasteiger charge is 2.34. The summed E-state index contributed by atoms with van der Waals surface area (Å²) >= 11 is 0. The first-order valence-electron chi connectivity index (χ1n) is 7.60. The molecule has 1 N–H and O–H groups in total. The second-order valence-electron chi connectivity index (χ2n) is 5.84. The molecule has 0 saturated carbocycles. The molecule has 0 bridgehead atoms. The number of rotatable bonds is 4. The minimum absolute atomic E-state index is 0.0996. The van der Waals surface area contributed by atoms with E-state index in [0.717, 1.165) is 23.1 Å². The Morgan fingerprint density at radius 1 is 1.50 bits per heavy atom. The number of aromatic nitrogens is 2. The lowest BCUT2D eigenvalue weighted by Crippen LogP contribution is -2.19. The van der Waals surface area contributed by atoms with Crippen molar-refractivity contribution in [2.45, 2.75) is 38.2 Å². The highest BCUT2D eigenvalue weighted by atomic mass is 16.5. The van der Waals surface area contributed by atoms with E-state index in [2.05, 4.69) is 9.98 Å². The lowest BCUT2D eigenvalue weighted by atomic mass is 10.1. The van der Waals surface area contributed by atoms with Crippen LogP contribution >= 0.6 is 0 Å². The maximum absolute atomic E-state index is 10.0. The van der Waals surface area contributed by atoms with Gasteiger partial charge in [-0.25, -0.2) is 9.98 Å². The molecule has 6 heteroatoms. The van der Waals surface area contributed by atoms with Crippen LogP contribution in [0.25, 0.3) is 11.0 Å². The highest BCUT2D eigenvalue weighted by molar-refractivity contribution is 5.89. The van der Waals surface area contributed by atoms with Gasteiger partial charge >= 0.3 is 0 Å². The van der Waals surface area contributed by atoms with Crippen molar-refractivity contribution in [3.8, 4) is 0 Å². The summed E-state index contributed by atoms with van der Waals surface area (Å²) in [4.78, 5) is 10.8. The number of pyridine rings is 1. The normalized spacial score (nSPS) is 25.4. The molecule has 3 heterocycles. The van der Waals surface area contributed by atoms with Crippen LogP contribution in [0.3, 0.4) is 0 Å². The van der Waals surface area contributed by atoms with Crippen LogP contribution < -0.4 is 0 Å². The topological polar surface area (TPSA) is 62.9 Å². The Balaban J connectivity index is 1.95. The fourth-order valence-electron chi connectivity index (χ4n) is 2.82. The summed E-state index contributed by atoms with van der Waals surface area (Å²) in [6.07, 6.45) is 6.20. The van der Waals surface area contributed by atoms with Gasteiger partial charge in [0.2, 0.25) is 0 Å². The van der Waals surface area contributed by atoms with Crippen molar-refractivity contribution in [3.63, 3.8) is 0 Å². The number of hydrogen-bond acceptors (Lipinski definition) is 4. The monoisotopic (exact) mass is 302 g/mol. The van der Waals surface area contributed by atoms with Crippen molar-refractivity contribution in [2.24, 2.45) is 4.99 Å². The molecule has 0 unspecified atom stereocenters. The van der Waals surface area contributed by atoms with Gasteiger partial charge in [0, 0.05) is 38.3 Å². The van der Waals surface area contributed by atoms with Crippen molar-refractivity contribution in [1.29, 1.82) is 0 Å². The van der Waals surface area contributed by atoms with E-state index in [9.17, 15) is 5.11 Å². The standard InChI is InChI=1S/C16H22N4O2/c1-4-14-13(21)9-15(22-14)20-8-6-11-12(18-10-19(2)3)5-7-17-16(11)20/h5-8,10,13-15,21H,4,9H2,1-3H3/b18-10-/t13-,14+,15+/m0/s1. The van der Waals surface area contributed by atoms with Gasteiger partial charge in [0.25, 0.3) is 0 Å². The van der Waals surface area contributed by atoms with Gasteiger partial charge in [-0.2, -0.15) is 0 Å². The first-order chi connectivity index (χ1) is 10.6. The van der Waals surface area contributed by atoms with Crippen LogP contribution in [0, 0.1) is 0 Å². The van der Waals surface area contributed by atoms with Crippen molar-refractivity contribution in [2.75, 3.05) is 14.1 Å². The smallest absolute Gasteiger partial charge is 0.144 e. The molecule has 1 aliphatic heterocycles. The number of aliphatic hydroxyl groups excluding tert-OH is 1. The van der Waals surface area contributed by atoms with Gasteiger partial charge < -0.3 is 19.3 Å². The maximum Gasteiger partial charge on any atom is 0.144 e. The minimum Gasteiger partial charge on any atom is -0.390 e. The molecule has 1 saturated heterocycles. The van der Waals surface area contributed by atoms with Crippen LogP contribution in [-0.2, 0) is 4.74 Å². The molecular weight excluding hydrogens is 280 g/mol. The van der Waals surface area contributed by atoms with E-state index in [1.54, 1.807) is 12.5 Å². The van der Waals surface area contributed by atoms with Crippen LogP contribution in [0.1, 0.15) is 26.0 Å². The quantitative estimate of drug-likeness (QED) is 0.695. The molecule has 0 radical (unpaired) electrons. The molecule has 0 aliphatic carbocycles. The van der Waals surface area contributed by atoms with Gasteiger partial charge in [0.1, 0.15) is 11.9 Å². The Morgan fingerprint density at radius 2 is 2.32 bits per heavy atom. The zero-order valence-corrected chi connectivity index (χ0v) is 13.2. The lowest BCUT2D eigenvalue weighted by molar-refractivity contribution is -0.0180. The molecule has 6 nitrogen and oxygen atoms in total. The average molecular weight is 302 g/mol. The number of fused-ring (bicyclic) bond motifs is 1. The predicted octanol–water partition coefficient (Wildman–Crippen LogP) is 2.32. The summed E-state index contributed by atoms with van der Waals surface area (Å²) < 4.78 is 7.93. The zero-order valence-electron chi connectivity index (χ0n) is 13.2. The molecule has 2 aromatic heterocycles. The molecule has 0 aromatic carbocycles. The summed E-state index contributed by atoms with van der Waals surface area (Å²) in [7, 11) is 3.87. The van der Waals surface area contributed by atoms with Gasteiger partial charge in [-0.05, 0) is 18.6 Å². The van der Waals surface area contributed by atoms with Crippen LogP contribution in [-0.4, -0.2) is 52.2 Å². The number of hydrogen-bond donors (Lipinski definition) is 1. The van der Waals surface area contributed by atoms with Gasteiger partial charge in [-0.1, -0.05) is 6.92 Å². The molecule has 0 amide bonds. The Hall–Kier alpha value is -1.92. The summed E-state index contributed by atoms with van der Waals surface area (Å²) in [5.41, 5.74) is 1.71.